The summed E-state index contributed by atoms with van der Waals surface area (Å²) in [7, 11) is -3.50. The number of aliphatic hydroxyl groups excluding tert-OH is 1. The fraction of sp³-hybridized carbons (Fsp3) is 0.786. The molecule has 1 unspecified atom stereocenters. The first kappa shape index (κ1) is 20.6. The predicted octanol–water partition coefficient (Wildman–Crippen LogP) is 3.07. The second-order valence-electron chi connectivity index (χ2n) is 4.18. The quantitative estimate of drug-likeness (QED) is 0.358. The zero-order valence-electron chi connectivity index (χ0n) is 13.5. The van der Waals surface area contributed by atoms with Crippen molar-refractivity contribution in [2.75, 3.05) is 33.0 Å². The summed E-state index contributed by atoms with van der Waals surface area (Å²) in [5, 5.41) is 9.52. The molecule has 0 rings (SSSR count). The molecule has 0 radical (unpaired) electrons. The molecule has 0 aromatic rings. The molecule has 21 heavy (non-hydrogen) atoms. The number of ether oxygens (including phenoxy) is 2. The van der Waals surface area contributed by atoms with E-state index in [1.54, 1.807) is 27.7 Å². The molecule has 0 aliphatic carbocycles. The molecule has 7 heteroatoms. The van der Waals surface area contributed by atoms with Crippen molar-refractivity contribution in [3.05, 3.63) is 16.6 Å². The maximum atomic E-state index is 12.5. The van der Waals surface area contributed by atoms with Gasteiger partial charge in [0.1, 0.15) is 5.31 Å². The van der Waals surface area contributed by atoms with E-state index in [9.17, 15) is 9.67 Å². The normalized spacial score (nSPS) is 12.9. The average molecular weight is 322 g/mol. The van der Waals surface area contributed by atoms with Crippen molar-refractivity contribution in [3.63, 3.8) is 0 Å². The van der Waals surface area contributed by atoms with Gasteiger partial charge in [-0.25, -0.2) is 0 Å². The summed E-state index contributed by atoms with van der Waals surface area (Å²) in [6.45, 7) is 9.67. The van der Waals surface area contributed by atoms with Gasteiger partial charge < -0.3 is 23.6 Å². The minimum absolute atomic E-state index is 0.108. The molecule has 6 nitrogen and oxygen atoms in total. The Morgan fingerprint density at radius 1 is 1.14 bits per heavy atom. The van der Waals surface area contributed by atoms with Crippen molar-refractivity contribution in [3.8, 4) is 0 Å². The summed E-state index contributed by atoms with van der Waals surface area (Å²) in [5.41, 5.74) is 3.54. The molecule has 0 heterocycles. The molecule has 1 atom stereocenters. The number of rotatable bonds is 11. The summed E-state index contributed by atoms with van der Waals surface area (Å²) < 4.78 is 33.6. The van der Waals surface area contributed by atoms with Crippen LogP contribution >= 0.6 is 7.60 Å². The Morgan fingerprint density at radius 3 is 2.14 bits per heavy atom. The Morgan fingerprint density at radius 2 is 1.71 bits per heavy atom. The van der Waals surface area contributed by atoms with Crippen molar-refractivity contribution >= 4 is 7.60 Å². The van der Waals surface area contributed by atoms with Gasteiger partial charge >= 0.3 is 7.60 Å². The van der Waals surface area contributed by atoms with Gasteiger partial charge in [-0.2, -0.15) is 0 Å². The lowest BCUT2D eigenvalue weighted by Crippen LogP contribution is -2.13. The maximum Gasteiger partial charge on any atom is 0.367 e. The summed E-state index contributed by atoms with van der Waals surface area (Å²) in [6.07, 6.45) is -0.338. The molecule has 0 aliphatic heterocycles. The molecule has 0 spiro atoms. The minimum atomic E-state index is -3.50. The van der Waals surface area contributed by atoms with E-state index in [4.69, 9.17) is 18.5 Å². The third-order valence-corrected chi connectivity index (χ3v) is 4.48. The van der Waals surface area contributed by atoms with Crippen LogP contribution in [0.4, 0.5) is 0 Å². The van der Waals surface area contributed by atoms with E-state index in [0.717, 1.165) is 0 Å². The van der Waals surface area contributed by atoms with E-state index in [1.807, 2.05) is 6.92 Å². The van der Waals surface area contributed by atoms with Crippen molar-refractivity contribution in [1.82, 2.24) is 0 Å². The largest absolute Gasteiger partial charge is 0.391 e. The average Bonchev–Trinajstić information content (AvgIpc) is 2.43. The van der Waals surface area contributed by atoms with E-state index in [1.165, 1.54) is 0 Å². The van der Waals surface area contributed by atoms with E-state index in [2.05, 4.69) is 5.73 Å². The second kappa shape index (κ2) is 11.2. The lowest BCUT2D eigenvalue weighted by molar-refractivity contribution is -0.120. The van der Waals surface area contributed by atoms with Gasteiger partial charge in [0.25, 0.3) is 0 Å². The second-order valence-corrected chi connectivity index (χ2v) is 6.23. The van der Waals surface area contributed by atoms with Crippen molar-refractivity contribution in [1.29, 1.82) is 0 Å². The van der Waals surface area contributed by atoms with Crippen LogP contribution in [0.15, 0.2) is 16.6 Å². The summed E-state index contributed by atoms with van der Waals surface area (Å²) in [6, 6.07) is 0. The lowest BCUT2D eigenvalue weighted by Gasteiger charge is -2.17. The topological polar surface area (TPSA) is 74.2 Å². The van der Waals surface area contributed by atoms with Crippen LogP contribution in [-0.4, -0.2) is 44.4 Å². The fourth-order valence-electron chi connectivity index (χ4n) is 1.54. The SMILES string of the molecule is CCOC(C)OCC(C)=C=C(CO)P(=O)(OCC)OCC. The van der Waals surface area contributed by atoms with Gasteiger partial charge in [0.15, 0.2) is 6.29 Å². The number of hydrogen-bond acceptors (Lipinski definition) is 6. The summed E-state index contributed by atoms with van der Waals surface area (Å²) in [4.78, 5) is 0. The van der Waals surface area contributed by atoms with Crippen LogP contribution in [-0.2, 0) is 23.1 Å². The van der Waals surface area contributed by atoms with Crippen LogP contribution in [0.5, 0.6) is 0 Å². The van der Waals surface area contributed by atoms with Crippen LogP contribution in [0.1, 0.15) is 34.6 Å². The molecular weight excluding hydrogens is 295 g/mol. The van der Waals surface area contributed by atoms with Crippen LogP contribution in [0.25, 0.3) is 0 Å². The van der Waals surface area contributed by atoms with Gasteiger partial charge in [-0.3, -0.25) is 4.57 Å². The molecule has 0 amide bonds. The summed E-state index contributed by atoms with van der Waals surface area (Å²) in [5.74, 6) is 0. The lowest BCUT2D eigenvalue weighted by atomic mass is 10.3. The monoisotopic (exact) mass is 322 g/mol. The molecule has 0 aromatic carbocycles. The molecule has 0 saturated heterocycles. The van der Waals surface area contributed by atoms with Gasteiger partial charge in [0.2, 0.25) is 0 Å². The highest BCUT2D eigenvalue weighted by Crippen LogP contribution is 2.55. The van der Waals surface area contributed by atoms with E-state index in [-0.39, 0.29) is 31.4 Å². The van der Waals surface area contributed by atoms with Crippen LogP contribution in [0, 0.1) is 0 Å². The Kier molecular flexibility index (Phi) is 10.9. The Bertz CT molecular complexity index is 390. The van der Waals surface area contributed by atoms with Crippen molar-refractivity contribution < 1.29 is 28.2 Å². The Labute approximate surface area is 127 Å². The molecule has 0 bridgehead atoms. The standard InChI is InChI=1S/C14H27O6P/c1-6-17-13(5)18-11-12(4)9-14(10-15)21(16,19-7-2)20-8-3/h13,15H,6-8,10-11H2,1-5H3. The van der Waals surface area contributed by atoms with Crippen molar-refractivity contribution in [2.24, 2.45) is 0 Å². The van der Waals surface area contributed by atoms with E-state index < -0.39 is 14.2 Å². The highest BCUT2D eigenvalue weighted by atomic mass is 31.2. The minimum Gasteiger partial charge on any atom is -0.391 e. The summed E-state index contributed by atoms with van der Waals surface area (Å²) >= 11 is 0. The zero-order valence-corrected chi connectivity index (χ0v) is 14.4. The molecule has 0 aromatic heterocycles. The highest BCUT2D eigenvalue weighted by Gasteiger charge is 2.29. The van der Waals surface area contributed by atoms with Crippen LogP contribution in [0.3, 0.4) is 0 Å². The fourth-order valence-corrected chi connectivity index (χ4v) is 3.10. The molecule has 124 valence electrons. The Hall–Kier alpha value is -0.450. The first-order valence-corrected chi connectivity index (χ1v) is 8.66. The van der Waals surface area contributed by atoms with E-state index >= 15 is 0 Å². The molecular formula is C14H27O6P. The predicted molar refractivity (Wildman–Crippen MR) is 81.2 cm³/mol. The third-order valence-electron chi connectivity index (χ3n) is 2.37. The molecule has 0 saturated carbocycles. The molecule has 0 aliphatic rings. The smallest absolute Gasteiger partial charge is 0.367 e. The van der Waals surface area contributed by atoms with Gasteiger partial charge in [-0.1, -0.05) is 0 Å². The molecule has 1 N–H and O–H groups in total. The van der Waals surface area contributed by atoms with Crippen LogP contribution in [0.2, 0.25) is 0 Å². The first-order valence-electron chi connectivity index (χ1n) is 7.12. The highest BCUT2D eigenvalue weighted by molar-refractivity contribution is 7.58. The van der Waals surface area contributed by atoms with Crippen LogP contribution < -0.4 is 0 Å². The van der Waals surface area contributed by atoms with Gasteiger partial charge in [0.05, 0.1) is 26.4 Å². The van der Waals surface area contributed by atoms with Crippen molar-refractivity contribution in [2.45, 2.75) is 40.9 Å². The number of hydrogen-bond donors (Lipinski definition) is 1. The maximum absolute atomic E-state index is 12.5. The van der Waals surface area contributed by atoms with Gasteiger partial charge in [-0.15, -0.1) is 5.73 Å². The molecule has 0 fully saturated rings. The zero-order chi connectivity index (χ0) is 16.3. The Balaban J connectivity index is 5.09. The third kappa shape index (κ3) is 7.93. The number of aliphatic hydroxyl groups is 1. The van der Waals surface area contributed by atoms with E-state index in [0.29, 0.717) is 12.2 Å². The first-order chi connectivity index (χ1) is 9.93. The van der Waals surface area contributed by atoms with Gasteiger partial charge in [0, 0.05) is 6.61 Å². The van der Waals surface area contributed by atoms with Gasteiger partial charge in [-0.05, 0) is 40.2 Å².